The smallest absolute Gasteiger partial charge is 0.288 e. The molecule has 0 heterocycles. The number of thioether (sulfide) groups is 1. The van der Waals surface area contributed by atoms with E-state index in [-0.39, 0.29) is 11.7 Å². The summed E-state index contributed by atoms with van der Waals surface area (Å²) in [6, 6.07) is 6.33. The maximum absolute atomic E-state index is 13.2. The first-order valence-electron chi connectivity index (χ1n) is 8.11. The summed E-state index contributed by atoms with van der Waals surface area (Å²) in [6.45, 7) is 5.92. The van der Waals surface area contributed by atoms with Gasteiger partial charge in [0.25, 0.3) is 5.76 Å². The van der Waals surface area contributed by atoms with Gasteiger partial charge in [-0.15, -0.1) is 0 Å². The van der Waals surface area contributed by atoms with Gasteiger partial charge >= 0.3 is 0 Å². The molecule has 136 valence electrons. The standard InChI is InChI=1S/C18H20BrF2NO2S/c1-16(2)17(3)8-9-18(16,12(19)13(17)23)14(24)22-10-4-6-11(7-5-10)25-15(20)21/h4-7,12,15H,8-9H2,1-3H3,(H,22,24). The van der Waals surface area contributed by atoms with Crippen molar-refractivity contribution in [3.63, 3.8) is 0 Å². The number of fused-ring (bicyclic) bond motifs is 2. The van der Waals surface area contributed by atoms with Crippen LogP contribution < -0.4 is 5.32 Å². The molecule has 2 bridgehead atoms. The molecule has 3 atom stereocenters. The molecule has 2 fully saturated rings. The summed E-state index contributed by atoms with van der Waals surface area (Å²) in [4.78, 5) is 25.8. The van der Waals surface area contributed by atoms with Gasteiger partial charge in [-0.3, -0.25) is 9.59 Å². The Hall–Kier alpha value is -0.950. The monoisotopic (exact) mass is 431 g/mol. The van der Waals surface area contributed by atoms with E-state index in [0.29, 0.717) is 35.2 Å². The topological polar surface area (TPSA) is 46.2 Å². The van der Waals surface area contributed by atoms with Gasteiger partial charge in [0.2, 0.25) is 5.91 Å². The molecule has 1 aromatic rings. The first-order chi connectivity index (χ1) is 11.6. The summed E-state index contributed by atoms with van der Waals surface area (Å²) in [5, 5.41) is 2.89. The van der Waals surface area contributed by atoms with Gasteiger partial charge in [-0.2, -0.15) is 8.78 Å². The van der Waals surface area contributed by atoms with Crippen LogP contribution in [0.3, 0.4) is 0 Å². The lowest BCUT2D eigenvalue weighted by atomic mass is 9.64. The number of rotatable bonds is 4. The summed E-state index contributed by atoms with van der Waals surface area (Å²) in [7, 11) is 0. The second-order valence-corrected chi connectivity index (χ2v) is 9.49. The maximum Gasteiger partial charge on any atom is 0.288 e. The number of nitrogens with one attached hydrogen (secondary N) is 1. The van der Waals surface area contributed by atoms with E-state index in [0.717, 1.165) is 0 Å². The van der Waals surface area contributed by atoms with Crippen LogP contribution in [0.25, 0.3) is 0 Å². The van der Waals surface area contributed by atoms with Gasteiger partial charge in [-0.1, -0.05) is 48.5 Å². The number of halogens is 3. The lowest BCUT2D eigenvalue weighted by molar-refractivity contribution is -0.130. The highest BCUT2D eigenvalue weighted by atomic mass is 79.9. The summed E-state index contributed by atoms with van der Waals surface area (Å²) in [5.41, 5.74) is -1.26. The average molecular weight is 432 g/mol. The number of benzene rings is 1. The highest BCUT2D eigenvalue weighted by Gasteiger charge is 2.76. The van der Waals surface area contributed by atoms with Crippen molar-refractivity contribution in [1.29, 1.82) is 0 Å². The SMILES string of the molecule is CC12CCC(C(=O)Nc3ccc(SC(F)F)cc3)(C(Br)C1=O)C2(C)C. The van der Waals surface area contributed by atoms with Crippen LogP contribution in [0, 0.1) is 16.2 Å². The van der Waals surface area contributed by atoms with Crippen LogP contribution in [0.4, 0.5) is 14.5 Å². The van der Waals surface area contributed by atoms with E-state index in [1.165, 1.54) is 0 Å². The largest absolute Gasteiger partial charge is 0.326 e. The number of anilines is 1. The van der Waals surface area contributed by atoms with Gasteiger partial charge in [0.05, 0.1) is 10.2 Å². The Morgan fingerprint density at radius 1 is 1.24 bits per heavy atom. The molecule has 0 saturated heterocycles. The second-order valence-electron chi connectivity index (χ2n) is 7.51. The Balaban J connectivity index is 1.85. The summed E-state index contributed by atoms with van der Waals surface area (Å²) in [5.74, 6) is -2.58. The molecule has 0 radical (unpaired) electrons. The lowest BCUT2D eigenvalue weighted by Crippen LogP contribution is -2.47. The van der Waals surface area contributed by atoms with Gasteiger partial charge < -0.3 is 5.32 Å². The van der Waals surface area contributed by atoms with E-state index >= 15 is 0 Å². The molecule has 1 N–H and O–H groups in total. The third kappa shape index (κ3) is 2.49. The molecule has 1 aromatic carbocycles. The van der Waals surface area contributed by atoms with Gasteiger partial charge in [0, 0.05) is 16.0 Å². The minimum Gasteiger partial charge on any atom is -0.326 e. The fraction of sp³-hybridized carbons (Fsp3) is 0.556. The minimum absolute atomic E-state index is 0.0857. The Bertz CT molecular complexity index is 724. The second kappa shape index (κ2) is 6.05. The quantitative estimate of drug-likeness (QED) is 0.532. The molecular weight excluding hydrogens is 412 g/mol. The zero-order valence-electron chi connectivity index (χ0n) is 14.2. The fourth-order valence-corrected chi connectivity index (χ4v) is 6.43. The number of amides is 1. The Kier molecular flexibility index (Phi) is 4.55. The molecule has 0 aliphatic heterocycles. The molecule has 0 aromatic heterocycles. The number of Topliss-reactive ketones (excluding diaryl/α,β-unsaturated/α-hetero) is 1. The molecule has 7 heteroatoms. The molecule has 25 heavy (non-hydrogen) atoms. The van der Waals surface area contributed by atoms with Crippen molar-refractivity contribution in [1.82, 2.24) is 0 Å². The first kappa shape index (κ1) is 18.8. The Labute approximate surface area is 158 Å². The normalized spacial score (nSPS) is 33.1. The van der Waals surface area contributed by atoms with E-state index in [1.54, 1.807) is 24.3 Å². The highest BCUT2D eigenvalue weighted by Crippen LogP contribution is 2.72. The highest BCUT2D eigenvalue weighted by molar-refractivity contribution is 9.10. The molecule has 0 spiro atoms. The summed E-state index contributed by atoms with van der Waals surface area (Å²) >= 11 is 3.95. The van der Waals surface area contributed by atoms with E-state index in [9.17, 15) is 18.4 Å². The molecule has 2 saturated carbocycles. The Morgan fingerprint density at radius 3 is 2.32 bits per heavy atom. The van der Waals surface area contributed by atoms with Crippen molar-refractivity contribution in [2.75, 3.05) is 5.32 Å². The minimum atomic E-state index is -2.48. The third-order valence-electron chi connectivity index (χ3n) is 6.46. The zero-order chi connectivity index (χ0) is 18.6. The third-order valence-corrected chi connectivity index (χ3v) is 8.38. The van der Waals surface area contributed by atoms with Crippen LogP contribution >= 0.6 is 27.7 Å². The van der Waals surface area contributed by atoms with Gasteiger partial charge in [-0.05, 0) is 42.5 Å². The van der Waals surface area contributed by atoms with Crippen LogP contribution in [0.1, 0.15) is 33.6 Å². The molecule has 2 aliphatic carbocycles. The van der Waals surface area contributed by atoms with Crippen molar-refractivity contribution in [3.8, 4) is 0 Å². The molecule has 3 nitrogen and oxygen atoms in total. The van der Waals surface area contributed by atoms with Crippen molar-refractivity contribution in [3.05, 3.63) is 24.3 Å². The van der Waals surface area contributed by atoms with Crippen LogP contribution in [-0.4, -0.2) is 22.3 Å². The number of alkyl halides is 3. The molecule has 2 aliphatic rings. The summed E-state index contributed by atoms with van der Waals surface area (Å²) in [6.07, 6.45) is 1.33. The molecule has 3 rings (SSSR count). The number of carbonyl (C=O) groups excluding carboxylic acids is 2. The van der Waals surface area contributed by atoms with Crippen molar-refractivity contribution >= 4 is 45.1 Å². The van der Waals surface area contributed by atoms with E-state index in [1.807, 2.05) is 20.8 Å². The van der Waals surface area contributed by atoms with Crippen molar-refractivity contribution < 1.29 is 18.4 Å². The fourth-order valence-electron chi connectivity index (χ4n) is 4.42. The summed E-state index contributed by atoms with van der Waals surface area (Å²) < 4.78 is 24.8. The first-order valence-corrected chi connectivity index (χ1v) is 9.90. The van der Waals surface area contributed by atoms with Crippen LogP contribution in [0.15, 0.2) is 29.2 Å². The van der Waals surface area contributed by atoms with Gasteiger partial charge in [0.15, 0.2) is 5.78 Å². The van der Waals surface area contributed by atoms with E-state index < -0.39 is 26.8 Å². The van der Waals surface area contributed by atoms with E-state index in [2.05, 4.69) is 21.2 Å². The molecule has 3 unspecified atom stereocenters. The van der Waals surface area contributed by atoms with Gasteiger partial charge in [-0.25, -0.2) is 0 Å². The number of ketones is 1. The van der Waals surface area contributed by atoms with Gasteiger partial charge in [0.1, 0.15) is 0 Å². The van der Waals surface area contributed by atoms with Crippen LogP contribution in [0.2, 0.25) is 0 Å². The number of carbonyl (C=O) groups is 2. The molecule has 1 amide bonds. The maximum atomic E-state index is 13.2. The van der Waals surface area contributed by atoms with Crippen LogP contribution in [-0.2, 0) is 9.59 Å². The van der Waals surface area contributed by atoms with Crippen molar-refractivity contribution in [2.24, 2.45) is 16.2 Å². The number of hydrogen-bond donors (Lipinski definition) is 1. The average Bonchev–Trinajstić information content (AvgIpc) is 2.81. The predicted octanol–water partition coefficient (Wildman–Crippen LogP) is 5.10. The lowest BCUT2D eigenvalue weighted by Gasteiger charge is -2.39. The van der Waals surface area contributed by atoms with Crippen molar-refractivity contribution in [2.45, 2.75) is 49.1 Å². The van der Waals surface area contributed by atoms with E-state index in [4.69, 9.17) is 0 Å². The predicted molar refractivity (Wildman–Crippen MR) is 98.2 cm³/mol. The molecular formula is C18H20BrF2NO2S. The Morgan fingerprint density at radius 2 is 1.84 bits per heavy atom. The van der Waals surface area contributed by atoms with Crippen LogP contribution in [0.5, 0.6) is 0 Å². The zero-order valence-corrected chi connectivity index (χ0v) is 16.6. The number of hydrogen-bond acceptors (Lipinski definition) is 3.